The summed E-state index contributed by atoms with van der Waals surface area (Å²) in [6, 6.07) is 9.82. The van der Waals surface area contributed by atoms with E-state index in [2.05, 4.69) is 5.32 Å². The molecule has 1 saturated heterocycles. The lowest BCUT2D eigenvalue weighted by molar-refractivity contribution is -0.145. The summed E-state index contributed by atoms with van der Waals surface area (Å²) in [5.41, 5.74) is 1.05. The van der Waals surface area contributed by atoms with Gasteiger partial charge in [0.1, 0.15) is 6.61 Å². The normalized spacial score (nSPS) is 16.4. The molecule has 0 amide bonds. The maximum absolute atomic E-state index is 11.6. The van der Waals surface area contributed by atoms with E-state index < -0.39 is 0 Å². The average Bonchev–Trinajstić information content (AvgIpc) is 2.45. The number of carbonyl (C=O) groups is 1. The Morgan fingerprint density at radius 2 is 1.94 bits per heavy atom. The van der Waals surface area contributed by atoms with Crippen LogP contribution in [-0.2, 0) is 16.1 Å². The quantitative estimate of drug-likeness (QED) is 0.812. The van der Waals surface area contributed by atoms with E-state index in [0.717, 1.165) is 25.1 Å². The Morgan fingerprint density at radius 3 is 2.67 bits per heavy atom. The van der Waals surface area contributed by atoms with Crippen molar-refractivity contribution in [3.05, 3.63) is 35.9 Å². The smallest absolute Gasteiger partial charge is 0.306 e. The number of hydrogen-bond donors (Lipinski definition) is 1. The fourth-order valence-corrected chi connectivity index (χ4v) is 2.30. The number of rotatable bonds is 5. The minimum atomic E-state index is -0.0719. The van der Waals surface area contributed by atoms with Gasteiger partial charge in [0.15, 0.2) is 0 Å². The van der Waals surface area contributed by atoms with Crippen molar-refractivity contribution in [2.24, 2.45) is 5.92 Å². The maximum atomic E-state index is 11.6. The van der Waals surface area contributed by atoms with E-state index in [4.69, 9.17) is 4.74 Å². The first-order chi connectivity index (χ1) is 8.84. The van der Waals surface area contributed by atoms with Crippen LogP contribution in [0.1, 0.15) is 31.2 Å². The Morgan fingerprint density at radius 1 is 1.22 bits per heavy atom. The largest absolute Gasteiger partial charge is 0.461 e. The van der Waals surface area contributed by atoms with Crippen LogP contribution in [0.15, 0.2) is 30.3 Å². The van der Waals surface area contributed by atoms with Gasteiger partial charge in [-0.1, -0.05) is 30.3 Å². The Hall–Kier alpha value is -1.35. The lowest BCUT2D eigenvalue weighted by Crippen LogP contribution is -2.28. The van der Waals surface area contributed by atoms with Crippen LogP contribution >= 0.6 is 0 Å². The summed E-state index contributed by atoms with van der Waals surface area (Å²) in [5.74, 6) is 0.618. The molecular formula is C15H21NO2. The third-order valence-electron chi connectivity index (χ3n) is 3.46. The summed E-state index contributed by atoms with van der Waals surface area (Å²) in [5, 5.41) is 3.33. The second kappa shape index (κ2) is 7.17. The summed E-state index contributed by atoms with van der Waals surface area (Å²) in [4.78, 5) is 11.6. The van der Waals surface area contributed by atoms with Crippen molar-refractivity contribution < 1.29 is 9.53 Å². The van der Waals surface area contributed by atoms with Crippen molar-refractivity contribution in [1.82, 2.24) is 5.32 Å². The maximum Gasteiger partial charge on any atom is 0.306 e. The second-order valence-corrected chi connectivity index (χ2v) is 4.88. The standard InChI is InChI=1S/C15H21NO2/c17-15(7-6-13-8-10-16-11-9-13)18-12-14-4-2-1-3-5-14/h1-5,13,16H,6-12H2. The number of benzene rings is 1. The predicted molar refractivity (Wildman–Crippen MR) is 71.1 cm³/mol. The average molecular weight is 247 g/mol. The molecule has 0 aliphatic carbocycles. The van der Waals surface area contributed by atoms with E-state index in [1.165, 1.54) is 12.8 Å². The molecule has 0 bridgehead atoms. The molecule has 1 aliphatic heterocycles. The van der Waals surface area contributed by atoms with Crippen LogP contribution in [0.5, 0.6) is 0 Å². The minimum absolute atomic E-state index is 0.0719. The zero-order valence-corrected chi connectivity index (χ0v) is 10.7. The van der Waals surface area contributed by atoms with Gasteiger partial charge in [-0.05, 0) is 43.8 Å². The fourth-order valence-electron chi connectivity index (χ4n) is 2.30. The first-order valence-electron chi connectivity index (χ1n) is 6.75. The molecule has 0 radical (unpaired) electrons. The molecule has 1 heterocycles. The zero-order valence-electron chi connectivity index (χ0n) is 10.7. The molecule has 18 heavy (non-hydrogen) atoms. The van der Waals surface area contributed by atoms with Crippen LogP contribution in [0.3, 0.4) is 0 Å². The van der Waals surface area contributed by atoms with E-state index in [1.807, 2.05) is 30.3 Å². The molecule has 1 aromatic carbocycles. The van der Waals surface area contributed by atoms with Crippen molar-refractivity contribution in [2.75, 3.05) is 13.1 Å². The van der Waals surface area contributed by atoms with Gasteiger partial charge in [-0.25, -0.2) is 0 Å². The van der Waals surface area contributed by atoms with Gasteiger partial charge in [-0.15, -0.1) is 0 Å². The van der Waals surface area contributed by atoms with Crippen LogP contribution in [-0.4, -0.2) is 19.1 Å². The Balaban J connectivity index is 1.63. The Labute approximate surface area is 109 Å². The van der Waals surface area contributed by atoms with Crippen molar-refractivity contribution >= 4 is 5.97 Å². The predicted octanol–water partition coefficient (Wildman–Crippen LogP) is 2.51. The molecule has 0 aromatic heterocycles. The van der Waals surface area contributed by atoms with Gasteiger partial charge >= 0.3 is 5.97 Å². The topological polar surface area (TPSA) is 38.3 Å². The number of hydrogen-bond acceptors (Lipinski definition) is 3. The molecule has 0 atom stereocenters. The Bertz CT molecular complexity index is 358. The summed E-state index contributed by atoms with van der Waals surface area (Å²) in [7, 11) is 0. The van der Waals surface area contributed by atoms with Gasteiger partial charge in [-0.2, -0.15) is 0 Å². The van der Waals surface area contributed by atoms with E-state index >= 15 is 0 Å². The van der Waals surface area contributed by atoms with Gasteiger partial charge in [0.05, 0.1) is 0 Å². The molecule has 98 valence electrons. The van der Waals surface area contributed by atoms with Crippen molar-refractivity contribution in [3.8, 4) is 0 Å². The van der Waals surface area contributed by atoms with Crippen LogP contribution in [0.2, 0.25) is 0 Å². The number of nitrogens with one attached hydrogen (secondary N) is 1. The highest BCUT2D eigenvalue weighted by atomic mass is 16.5. The third-order valence-corrected chi connectivity index (χ3v) is 3.46. The molecule has 1 aliphatic rings. The number of carbonyl (C=O) groups excluding carboxylic acids is 1. The second-order valence-electron chi connectivity index (χ2n) is 4.88. The van der Waals surface area contributed by atoms with Crippen LogP contribution in [0.4, 0.5) is 0 Å². The lowest BCUT2D eigenvalue weighted by atomic mass is 9.93. The van der Waals surface area contributed by atoms with Crippen molar-refractivity contribution in [2.45, 2.75) is 32.3 Å². The molecule has 1 N–H and O–H groups in total. The number of esters is 1. The van der Waals surface area contributed by atoms with Gasteiger partial charge in [-0.3, -0.25) is 4.79 Å². The molecule has 0 saturated carbocycles. The summed E-state index contributed by atoms with van der Waals surface area (Å²) >= 11 is 0. The first-order valence-corrected chi connectivity index (χ1v) is 6.75. The van der Waals surface area contributed by atoms with E-state index in [0.29, 0.717) is 18.9 Å². The molecule has 3 nitrogen and oxygen atoms in total. The summed E-state index contributed by atoms with van der Waals surface area (Å²) in [6.07, 6.45) is 3.89. The Kier molecular flexibility index (Phi) is 5.21. The molecule has 1 aromatic rings. The number of ether oxygens (including phenoxy) is 1. The molecule has 0 spiro atoms. The third kappa shape index (κ3) is 4.49. The molecule has 2 rings (SSSR count). The van der Waals surface area contributed by atoms with Gasteiger partial charge < -0.3 is 10.1 Å². The highest BCUT2D eigenvalue weighted by Crippen LogP contribution is 2.18. The first kappa shape index (κ1) is 13.1. The molecule has 0 unspecified atom stereocenters. The van der Waals surface area contributed by atoms with E-state index in [-0.39, 0.29) is 5.97 Å². The lowest BCUT2D eigenvalue weighted by Gasteiger charge is -2.21. The molecule has 1 fully saturated rings. The summed E-state index contributed by atoms with van der Waals surface area (Å²) < 4.78 is 5.26. The van der Waals surface area contributed by atoms with Crippen LogP contribution < -0.4 is 5.32 Å². The van der Waals surface area contributed by atoms with Gasteiger partial charge in [0, 0.05) is 6.42 Å². The SMILES string of the molecule is O=C(CCC1CCNCC1)OCc1ccccc1. The van der Waals surface area contributed by atoms with Crippen molar-refractivity contribution in [3.63, 3.8) is 0 Å². The van der Waals surface area contributed by atoms with E-state index in [9.17, 15) is 4.79 Å². The molecule has 3 heteroatoms. The monoisotopic (exact) mass is 247 g/mol. The molecular weight excluding hydrogens is 226 g/mol. The van der Waals surface area contributed by atoms with Crippen LogP contribution in [0, 0.1) is 5.92 Å². The minimum Gasteiger partial charge on any atom is -0.461 e. The fraction of sp³-hybridized carbons (Fsp3) is 0.533. The van der Waals surface area contributed by atoms with Crippen LogP contribution in [0.25, 0.3) is 0 Å². The van der Waals surface area contributed by atoms with E-state index in [1.54, 1.807) is 0 Å². The van der Waals surface area contributed by atoms with Crippen molar-refractivity contribution in [1.29, 1.82) is 0 Å². The summed E-state index contributed by atoms with van der Waals surface area (Å²) in [6.45, 7) is 2.57. The van der Waals surface area contributed by atoms with Gasteiger partial charge in [0.25, 0.3) is 0 Å². The number of piperidine rings is 1. The zero-order chi connectivity index (χ0) is 12.6. The van der Waals surface area contributed by atoms with Gasteiger partial charge in [0.2, 0.25) is 0 Å². The highest BCUT2D eigenvalue weighted by Gasteiger charge is 2.14. The highest BCUT2D eigenvalue weighted by molar-refractivity contribution is 5.69.